The second kappa shape index (κ2) is 6.98. The molecule has 2 heterocycles. The van der Waals surface area contributed by atoms with Crippen LogP contribution in [0.5, 0.6) is 0 Å². The number of halogens is 1. The normalized spacial score (nSPS) is 27.4. The fraction of sp³-hybridized carbons (Fsp3) is 0.647. The molecule has 1 aromatic rings. The van der Waals surface area contributed by atoms with Gasteiger partial charge in [0.2, 0.25) is 0 Å². The van der Waals surface area contributed by atoms with E-state index in [1.54, 1.807) is 26.8 Å². The van der Waals surface area contributed by atoms with Crippen LogP contribution in [-0.2, 0) is 10.2 Å². The molecule has 2 atom stereocenters. The fourth-order valence-corrected chi connectivity index (χ4v) is 5.66. The molecule has 0 amide bonds. The summed E-state index contributed by atoms with van der Waals surface area (Å²) in [7, 11) is -3.42. The highest BCUT2D eigenvalue weighted by atomic mass is 32.2. The van der Waals surface area contributed by atoms with Crippen LogP contribution in [-0.4, -0.2) is 56.3 Å². The maximum Gasteiger partial charge on any atom is 0.282 e. The molecule has 2 saturated heterocycles. The van der Waals surface area contributed by atoms with E-state index < -0.39 is 10.2 Å². The van der Waals surface area contributed by atoms with E-state index in [1.165, 1.54) is 6.07 Å². The molecule has 0 bridgehead atoms. The van der Waals surface area contributed by atoms with E-state index >= 15 is 0 Å². The predicted molar refractivity (Wildman–Crippen MR) is 93.6 cm³/mol. The zero-order valence-electron chi connectivity index (χ0n) is 14.4. The number of benzene rings is 1. The van der Waals surface area contributed by atoms with Crippen molar-refractivity contribution in [2.24, 2.45) is 11.8 Å². The van der Waals surface area contributed by atoms with Crippen molar-refractivity contribution in [3.8, 4) is 0 Å². The summed E-state index contributed by atoms with van der Waals surface area (Å²) in [6.07, 6.45) is 1.08. The van der Waals surface area contributed by atoms with Gasteiger partial charge in [0.25, 0.3) is 10.2 Å². The van der Waals surface area contributed by atoms with Crippen molar-refractivity contribution in [3.63, 3.8) is 0 Å². The summed E-state index contributed by atoms with van der Waals surface area (Å²) in [5.74, 6) is 0.527. The van der Waals surface area contributed by atoms with Crippen molar-refractivity contribution in [2.45, 2.75) is 20.3 Å². The Balaban J connectivity index is 1.66. The van der Waals surface area contributed by atoms with Gasteiger partial charge in [0.1, 0.15) is 5.82 Å². The Kier molecular flexibility index (Phi) is 5.13. The number of para-hydroxylation sites is 1. The average molecular weight is 355 g/mol. The highest BCUT2D eigenvalue weighted by Gasteiger charge is 2.36. The third-order valence-corrected chi connectivity index (χ3v) is 6.89. The largest absolute Gasteiger partial charge is 0.367 e. The first-order valence-electron chi connectivity index (χ1n) is 8.62. The van der Waals surface area contributed by atoms with E-state index in [0.29, 0.717) is 56.8 Å². The predicted octanol–water partition coefficient (Wildman–Crippen LogP) is 2.17. The zero-order chi connectivity index (χ0) is 17.3. The maximum absolute atomic E-state index is 13.9. The van der Waals surface area contributed by atoms with Gasteiger partial charge in [0.05, 0.1) is 5.69 Å². The lowest BCUT2D eigenvalue weighted by Crippen LogP contribution is -2.55. The molecule has 2 aliphatic heterocycles. The number of piperidine rings is 1. The molecular weight excluding hydrogens is 329 g/mol. The molecule has 2 fully saturated rings. The van der Waals surface area contributed by atoms with E-state index in [-0.39, 0.29) is 5.82 Å². The Labute approximate surface area is 144 Å². The second-order valence-corrected chi connectivity index (χ2v) is 9.04. The SMILES string of the molecule is CC1CC(C)CN(S(=O)(=O)N2CCN(c3ccccc3F)CC2)C1. The van der Waals surface area contributed by atoms with Crippen molar-refractivity contribution in [3.05, 3.63) is 30.1 Å². The van der Waals surface area contributed by atoms with Gasteiger partial charge < -0.3 is 4.90 Å². The molecule has 2 aliphatic rings. The molecule has 3 rings (SSSR count). The van der Waals surface area contributed by atoms with Crippen molar-refractivity contribution in [2.75, 3.05) is 44.2 Å². The summed E-state index contributed by atoms with van der Waals surface area (Å²) < 4.78 is 42.9. The Morgan fingerprint density at radius 1 is 0.958 bits per heavy atom. The lowest BCUT2D eigenvalue weighted by Gasteiger charge is -2.40. The summed E-state index contributed by atoms with van der Waals surface area (Å²) in [5.41, 5.74) is 0.551. The number of nitrogens with zero attached hydrogens (tertiary/aromatic N) is 3. The molecule has 2 unspecified atom stereocenters. The van der Waals surface area contributed by atoms with Crippen molar-refractivity contribution >= 4 is 15.9 Å². The standard InChI is InChI=1S/C17H26FN3O2S/c1-14-11-15(2)13-21(12-14)24(22,23)20-9-7-19(8-10-20)17-6-4-3-5-16(17)18/h3-6,14-15H,7-13H2,1-2H3. The first-order valence-corrected chi connectivity index (χ1v) is 10.0. The Hall–Kier alpha value is -1.18. The van der Waals surface area contributed by atoms with Gasteiger partial charge in [0.15, 0.2) is 0 Å². The number of hydrogen-bond acceptors (Lipinski definition) is 3. The second-order valence-electron chi connectivity index (χ2n) is 7.11. The van der Waals surface area contributed by atoms with Crippen LogP contribution in [0.2, 0.25) is 0 Å². The molecule has 0 spiro atoms. The molecule has 1 aromatic carbocycles. The lowest BCUT2D eigenvalue weighted by molar-refractivity contribution is 0.207. The van der Waals surface area contributed by atoms with E-state index in [4.69, 9.17) is 0 Å². The number of hydrogen-bond donors (Lipinski definition) is 0. The molecule has 0 saturated carbocycles. The third-order valence-electron chi connectivity index (χ3n) is 4.92. The van der Waals surface area contributed by atoms with Crippen molar-refractivity contribution in [1.82, 2.24) is 8.61 Å². The molecule has 0 aliphatic carbocycles. The third kappa shape index (κ3) is 3.58. The van der Waals surface area contributed by atoms with E-state index in [0.717, 1.165) is 6.42 Å². The van der Waals surface area contributed by atoms with Gasteiger partial charge in [-0.2, -0.15) is 17.0 Å². The molecular formula is C17H26FN3O2S. The minimum absolute atomic E-state index is 0.257. The number of piperazine rings is 1. The molecule has 5 nitrogen and oxygen atoms in total. The first-order chi connectivity index (χ1) is 11.4. The summed E-state index contributed by atoms with van der Waals surface area (Å²) in [6.45, 7) is 7.23. The maximum atomic E-state index is 13.9. The number of rotatable bonds is 3. The van der Waals surface area contributed by atoms with E-state index in [9.17, 15) is 12.8 Å². The highest BCUT2D eigenvalue weighted by Crippen LogP contribution is 2.26. The van der Waals surface area contributed by atoms with Gasteiger partial charge in [-0.3, -0.25) is 0 Å². The minimum Gasteiger partial charge on any atom is -0.367 e. The summed E-state index contributed by atoms with van der Waals surface area (Å²) in [6, 6.07) is 6.65. The molecule has 24 heavy (non-hydrogen) atoms. The Morgan fingerprint density at radius 2 is 1.54 bits per heavy atom. The van der Waals surface area contributed by atoms with Gasteiger partial charge in [-0.25, -0.2) is 4.39 Å². The quantitative estimate of drug-likeness (QED) is 0.835. The van der Waals surface area contributed by atoms with Gasteiger partial charge in [0, 0.05) is 39.3 Å². The van der Waals surface area contributed by atoms with Crippen LogP contribution < -0.4 is 4.90 Å². The fourth-order valence-electron chi connectivity index (χ4n) is 3.83. The van der Waals surface area contributed by atoms with E-state index in [1.807, 2.05) is 4.90 Å². The van der Waals surface area contributed by atoms with Gasteiger partial charge in [-0.05, 0) is 30.4 Å². The average Bonchev–Trinajstić information content (AvgIpc) is 2.54. The topological polar surface area (TPSA) is 43.9 Å². The smallest absolute Gasteiger partial charge is 0.282 e. The monoisotopic (exact) mass is 355 g/mol. The summed E-state index contributed by atoms with van der Waals surface area (Å²) in [4.78, 5) is 1.92. The first kappa shape index (κ1) is 17.6. The summed E-state index contributed by atoms with van der Waals surface area (Å²) >= 11 is 0. The van der Waals surface area contributed by atoms with Crippen LogP contribution in [0.25, 0.3) is 0 Å². The lowest BCUT2D eigenvalue weighted by atomic mass is 9.94. The summed E-state index contributed by atoms with van der Waals surface area (Å²) in [5, 5.41) is 0. The molecule has 134 valence electrons. The van der Waals surface area contributed by atoms with Crippen LogP contribution in [0.15, 0.2) is 24.3 Å². The van der Waals surface area contributed by atoms with Gasteiger partial charge in [-0.1, -0.05) is 26.0 Å². The molecule has 0 aromatic heterocycles. The van der Waals surface area contributed by atoms with Crippen molar-refractivity contribution in [1.29, 1.82) is 0 Å². The van der Waals surface area contributed by atoms with Crippen LogP contribution >= 0.6 is 0 Å². The Morgan fingerprint density at radius 3 is 2.12 bits per heavy atom. The van der Waals surface area contributed by atoms with Crippen LogP contribution in [0.4, 0.5) is 10.1 Å². The number of anilines is 1. The molecule has 0 N–H and O–H groups in total. The highest BCUT2D eigenvalue weighted by molar-refractivity contribution is 7.86. The van der Waals surface area contributed by atoms with Crippen LogP contribution in [0, 0.1) is 17.7 Å². The van der Waals surface area contributed by atoms with Crippen LogP contribution in [0.3, 0.4) is 0 Å². The van der Waals surface area contributed by atoms with Crippen molar-refractivity contribution < 1.29 is 12.8 Å². The Bertz CT molecular complexity index is 664. The van der Waals surface area contributed by atoms with Gasteiger partial charge >= 0.3 is 0 Å². The van der Waals surface area contributed by atoms with E-state index in [2.05, 4.69) is 13.8 Å². The molecule has 7 heteroatoms. The minimum atomic E-state index is -3.42. The zero-order valence-corrected chi connectivity index (χ0v) is 15.2. The van der Waals surface area contributed by atoms with Crippen LogP contribution in [0.1, 0.15) is 20.3 Å². The molecule has 0 radical (unpaired) electrons. The van der Waals surface area contributed by atoms with Gasteiger partial charge in [-0.15, -0.1) is 0 Å².